The average molecular weight is 337 g/mol. The van der Waals surface area contributed by atoms with Gasteiger partial charge in [-0.2, -0.15) is 0 Å². The molecule has 1 fully saturated rings. The molecule has 1 aliphatic rings. The predicted molar refractivity (Wildman–Crippen MR) is 99.2 cm³/mol. The van der Waals surface area contributed by atoms with Crippen LogP contribution >= 0.6 is 0 Å². The van der Waals surface area contributed by atoms with Crippen LogP contribution in [0.15, 0.2) is 42.6 Å². The number of benzene rings is 1. The van der Waals surface area contributed by atoms with Crippen molar-refractivity contribution >= 4 is 23.1 Å². The minimum Gasteiger partial charge on any atom is -0.370 e. The van der Waals surface area contributed by atoms with E-state index in [0.717, 1.165) is 24.7 Å². The first kappa shape index (κ1) is 17.1. The molecule has 130 valence electrons. The van der Waals surface area contributed by atoms with Gasteiger partial charge < -0.3 is 10.2 Å². The monoisotopic (exact) mass is 337 g/mol. The molecule has 0 saturated carbocycles. The van der Waals surface area contributed by atoms with Crippen LogP contribution in [0, 0.1) is 5.92 Å². The molecule has 0 unspecified atom stereocenters. The molecule has 1 aromatic carbocycles. The van der Waals surface area contributed by atoms with Crippen molar-refractivity contribution in [3.63, 3.8) is 0 Å². The summed E-state index contributed by atoms with van der Waals surface area (Å²) in [4.78, 5) is 30.2. The quantitative estimate of drug-likeness (QED) is 0.863. The normalized spacial score (nSPS) is 15.0. The fourth-order valence-electron chi connectivity index (χ4n) is 2.96. The second kappa shape index (κ2) is 7.47. The summed E-state index contributed by atoms with van der Waals surface area (Å²) in [6, 6.07) is 10.6. The second-order valence-corrected chi connectivity index (χ2v) is 6.66. The SMILES string of the molecule is CC(=O)c1ccc(NC(=O)c2ccc(N3CCC(C)CC3)cn2)cc1. The van der Waals surface area contributed by atoms with Gasteiger partial charge in [0.1, 0.15) is 5.69 Å². The van der Waals surface area contributed by atoms with E-state index in [4.69, 9.17) is 0 Å². The molecule has 1 N–H and O–H groups in total. The molecule has 1 aromatic heterocycles. The third kappa shape index (κ3) is 4.24. The van der Waals surface area contributed by atoms with Crippen LogP contribution in [0.4, 0.5) is 11.4 Å². The summed E-state index contributed by atoms with van der Waals surface area (Å²) in [7, 11) is 0. The van der Waals surface area contributed by atoms with Crippen molar-refractivity contribution < 1.29 is 9.59 Å². The molecule has 2 heterocycles. The van der Waals surface area contributed by atoms with E-state index in [1.54, 1.807) is 36.5 Å². The lowest BCUT2D eigenvalue weighted by Gasteiger charge is -2.31. The van der Waals surface area contributed by atoms with Gasteiger partial charge in [0.2, 0.25) is 0 Å². The minimum atomic E-state index is -0.255. The molecule has 3 rings (SSSR count). The zero-order chi connectivity index (χ0) is 17.8. The highest BCUT2D eigenvalue weighted by atomic mass is 16.2. The van der Waals surface area contributed by atoms with E-state index < -0.39 is 0 Å². The highest BCUT2D eigenvalue weighted by Crippen LogP contribution is 2.22. The summed E-state index contributed by atoms with van der Waals surface area (Å²) < 4.78 is 0. The highest BCUT2D eigenvalue weighted by molar-refractivity contribution is 6.03. The molecule has 1 aliphatic heterocycles. The van der Waals surface area contributed by atoms with Crippen LogP contribution < -0.4 is 10.2 Å². The number of nitrogens with one attached hydrogen (secondary N) is 1. The van der Waals surface area contributed by atoms with Crippen molar-refractivity contribution in [3.8, 4) is 0 Å². The Labute approximate surface area is 148 Å². The molecule has 1 amide bonds. The largest absolute Gasteiger partial charge is 0.370 e. The summed E-state index contributed by atoms with van der Waals surface area (Å²) in [6.07, 6.45) is 4.15. The second-order valence-electron chi connectivity index (χ2n) is 6.66. The maximum Gasteiger partial charge on any atom is 0.274 e. The first-order chi connectivity index (χ1) is 12.0. The first-order valence-electron chi connectivity index (χ1n) is 8.66. The molecular formula is C20H23N3O2. The summed E-state index contributed by atoms with van der Waals surface area (Å²) in [5.41, 5.74) is 2.71. The minimum absolute atomic E-state index is 0.00207. The van der Waals surface area contributed by atoms with Crippen LogP contribution in [0.2, 0.25) is 0 Å². The number of carbonyl (C=O) groups is 2. The van der Waals surface area contributed by atoms with Crippen molar-refractivity contribution in [1.29, 1.82) is 0 Å². The first-order valence-corrected chi connectivity index (χ1v) is 8.66. The molecule has 0 bridgehead atoms. The number of hydrogen-bond donors (Lipinski definition) is 1. The van der Waals surface area contributed by atoms with Crippen LogP contribution in [-0.2, 0) is 0 Å². The van der Waals surface area contributed by atoms with E-state index in [-0.39, 0.29) is 11.7 Å². The zero-order valence-electron chi connectivity index (χ0n) is 14.7. The molecule has 0 radical (unpaired) electrons. The van der Waals surface area contributed by atoms with Gasteiger partial charge in [-0.3, -0.25) is 9.59 Å². The van der Waals surface area contributed by atoms with Gasteiger partial charge in [-0.1, -0.05) is 6.92 Å². The smallest absolute Gasteiger partial charge is 0.274 e. The number of pyridine rings is 1. The Kier molecular flexibility index (Phi) is 5.12. The Balaban J connectivity index is 1.63. The van der Waals surface area contributed by atoms with E-state index in [1.165, 1.54) is 19.8 Å². The lowest BCUT2D eigenvalue weighted by Crippen LogP contribution is -2.32. The number of nitrogens with zero attached hydrogens (tertiary/aromatic N) is 2. The number of anilines is 2. The van der Waals surface area contributed by atoms with Crippen molar-refractivity contribution in [2.24, 2.45) is 5.92 Å². The van der Waals surface area contributed by atoms with Crippen molar-refractivity contribution in [2.45, 2.75) is 26.7 Å². The number of amides is 1. The van der Waals surface area contributed by atoms with E-state index >= 15 is 0 Å². The highest BCUT2D eigenvalue weighted by Gasteiger charge is 2.17. The van der Waals surface area contributed by atoms with Gasteiger partial charge in [-0.25, -0.2) is 4.98 Å². The van der Waals surface area contributed by atoms with Gasteiger partial charge in [-0.15, -0.1) is 0 Å². The molecule has 0 aliphatic carbocycles. The van der Waals surface area contributed by atoms with Gasteiger partial charge in [-0.05, 0) is 62.1 Å². The summed E-state index contributed by atoms with van der Waals surface area (Å²) >= 11 is 0. The summed E-state index contributed by atoms with van der Waals surface area (Å²) in [5.74, 6) is 0.528. The topological polar surface area (TPSA) is 62.3 Å². The van der Waals surface area contributed by atoms with E-state index in [2.05, 4.69) is 22.1 Å². The Bertz CT molecular complexity index is 746. The van der Waals surface area contributed by atoms with Crippen LogP contribution in [0.1, 0.15) is 47.5 Å². The van der Waals surface area contributed by atoms with Crippen LogP contribution in [-0.4, -0.2) is 29.8 Å². The van der Waals surface area contributed by atoms with Crippen LogP contribution in [0.5, 0.6) is 0 Å². The van der Waals surface area contributed by atoms with Gasteiger partial charge >= 0.3 is 0 Å². The number of Topliss-reactive ketones (excluding diaryl/α,β-unsaturated/α-hetero) is 1. The molecule has 1 saturated heterocycles. The molecule has 5 heteroatoms. The van der Waals surface area contributed by atoms with Crippen LogP contribution in [0.25, 0.3) is 0 Å². The Morgan fingerprint density at radius 2 is 1.76 bits per heavy atom. The van der Waals surface area contributed by atoms with Gasteiger partial charge in [0.25, 0.3) is 5.91 Å². The fourth-order valence-corrected chi connectivity index (χ4v) is 2.96. The van der Waals surface area contributed by atoms with Gasteiger partial charge in [0.05, 0.1) is 11.9 Å². The van der Waals surface area contributed by atoms with Gasteiger partial charge in [0, 0.05) is 24.3 Å². The Hall–Kier alpha value is -2.69. The Morgan fingerprint density at radius 3 is 2.32 bits per heavy atom. The number of aromatic nitrogens is 1. The maximum absolute atomic E-state index is 12.3. The van der Waals surface area contributed by atoms with Crippen molar-refractivity contribution in [1.82, 2.24) is 4.98 Å². The summed E-state index contributed by atoms with van der Waals surface area (Å²) in [6.45, 7) is 5.88. The average Bonchev–Trinajstić information content (AvgIpc) is 2.63. The lowest BCUT2D eigenvalue weighted by atomic mass is 9.99. The molecule has 5 nitrogen and oxygen atoms in total. The van der Waals surface area contributed by atoms with Gasteiger partial charge in [0.15, 0.2) is 5.78 Å². The number of rotatable bonds is 4. The standard InChI is InChI=1S/C20H23N3O2/c1-14-9-11-23(12-10-14)18-7-8-19(21-13-18)20(25)22-17-5-3-16(4-6-17)15(2)24/h3-8,13-14H,9-12H2,1-2H3,(H,22,25). The predicted octanol–water partition coefficient (Wildman–Crippen LogP) is 3.77. The molecule has 2 aromatic rings. The number of hydrogen-bond acceptors (Lipinski definition) is 4. The maximum atomic E-state index is 12.3. The molecule has 0 spiro atoms. The third-order valence-corrected chi connectivity index (χ3v) is 4.68. The summed E-state index contributed by atoms with van der Waals surface area (Å²) in [5, 5.41) is 2.80. The van der Waals surface area contributed by atoms with E-state index in [1.807, 2.05) is 6.07 Å². The number of carbonyl (C=O) groups excluding carboxylic acids is 2. The Morgan fingerprint density at radius 1 is 1.08 bits per heavy atom. The van der Waals surface area contributed by atoms with Crippen molar-refractivity contribution in [2.75, 3.05) is 23.3 Å². The third-order valence-electron chi connectivity index (χ3n) is 4.68. The fraction of sp³-hybridized carbons (Fsp3) is 0.350. The molecular weight excluding hydrogens is 314 g/mol. The molecule has 0 atom stereocenters. The number of piperidine rings is 1. The van der Waals surface area contributed by atoms with Crippen molar-refractivity contribution in [3.05, 3.63) is 53.9 Å². The number of ketones is 1. The zero-order valence-corrected chi connectivity index (χ0v) is 14.7. The van der Waals surface area contributed by atoms with E-state index in [0.29, 0.717) is 16.9 Å². The molecule has 25 heavy (non-hydrogen) atoms. The van der Waals surface area contributed by atoms with E-state index in [9.17, 15) is 9.59 Å². The lowest BCUT2D eigenvalue weighted by molar-refractivity contribution is 0.101. The van der Waals surface area contributed by atoms with Crippen LogP contribution in [0.3, 0.4) is 0 Å².